The van der Waals surface area contributed by atoms with Crippen molar-refractivity contribution in [3.05, 3.63) is 23.8 Å². The highest BCUT2D eigenvalue weighted by molar-refractivity contribution is 7.89. The van der Waals surface area contributed by atoms with Crippen molar-refractivity contribution in [2.24, 2.45) is 0 Å². The summed E-state index contributed by atoms with van der Waals surface area (Å²) in [6.45, 7) is 2.17. The van der Waals surface area contributed by atoms with Gasteiger partial charge in [0.1, 0.15) is 5.75 Å². The minimum absolute atomic E-state index is 0.0580. The van der Waals surface area contributed by atoms with E-state index in [0.717, 1.165) is 0 Å². The summed E-state index contributed by atoms with van der Waals surface area (Å²) in [7, 11) is 1.23. The average molecular weight is 326 g/mol. The zero-order valence-electron chi connectivity index (χ0n) is 13.4. The summed E-state index contributed by atoms with van der Waals surface area (Å²) < 4.78 is 32.1. The Morgan fingerprint density at radius 2 is 2.05 bits per heavy atom. The lowest BCUT2D eigenvalue weighted by Crippen LogP contribution is -2.49. The van der Waals surface area contributed by atoms with Gasteiger partial charge in [0, 0.05) is 33.1 Å². The second kappa shape index (κ2) is 6.26. The molecule has 1 atom stereocenters. The number of likely N-dealkylation sites (tertiary alicyclic amines) is 1. The molecule has 0 bridgehead atoms. The summed E-state index contributed by atoms with van der Waals surface area (Å²) in [4.78, 5) is 13.4. The molecule has 0 spiro atoms. The molecule has 0 aliphatic carbocycles. The van der Waals surface area contributed by atoms with Gasteiger partial charge in [0.15, 0.2) is 0 Å². The Balaban J connectivity index is 2.28. The number of nitrogens with zero attached hydrogens (tertiary/aromatic N) is 2. The Morgan fingerprint density at radius 1 is 1.36 bits per heavy atom. The number of carbonyl (C=O) groups is 1. The summed E-state index contributed by atoms with van der Waals surface area (Å²) in [5, 5.41) is 0. The topological polar surface area (TPSA) is 66.9 Å². The second-order valence-corrected chi connectivity index (χ2v) is 7.59. The van der Waals surface area contributed by atoms with Crippen LogP contribution in [0.1, 0.15) is 18.4 Å². The monoisotopic (exact) mass is 326 g/mol. The second-order valence-electron chi connectivity index (χ2n) is 5.62. The van der Waals surface area contributed by atoms with Crippen LogP contribution in [-0.4, -0.2) is 57.3 Å². The van der Waals surface area contributed by atoms with E-state index in [-0.39, 0.29) is 16.8 Å². The maximum Gasteiger partial charge on any atom is 0.243 e. The Kier molecular flexibility index (Phi) is 4.77. The van der Waals surface area contributed by atoms with Gasteiger partial charge in [0.2, 0.25) is 15.9 Å². The van der Waals surface area contributed by atoms with Crippen LogP contribution in [0.25, 0.3) is 0 Å². The smallest absolute Gasteiger partial charge is 0.243 e. The quantitative estimate of drug-likeness (QED) is 0.835. The van der Waals surface area contributed by atoms with E-state index in [1.54, 1.807) is 51.2 Å². The van der Waals surface area contributed by atoms with Crippen LogP contribution < -0.4 is 4.74 Å². The molecule has 6 nitrogen and oxygen atoms in total. The van der Waals surface area contributed by atoms with E-state index in [1.807, 2.05) is 0 Å². The van der Waals surface area contributed by atoms with Gasteiger partial charge in [-0.1, -0.05) is 0 Å². The zero-order chi connectivity index (χ0) is 16.5. The Morgan fingerprint density at radius 3 is 2.59 bits per heavy atom. The van der Waals surface area contributed by atoms with Crippen LogP contribution in [0.3, 0.4) is 0 Å². The summed E-state index contributed by atoms with van der Waals surface area (Å²) >= 11 is 0. The van der Waals surface area contributed by atoms with Crippen LogP contribution >= 0.6 is 0 Å². The van der Waals surface area contributed by atoms with E-state index in [2.05, 4.69) is 0 Å². The van der Waals surface area contributed by atoms with Crippen molar-refractivity contribution < 1.29 is 17.9 Å². The summed E-state index contributed by atoms with van der Waals surface area (Å²) in [6.07, 6.45) is 0.927. The van der Waals surface area contributed by atoms with Crippen LogP contribution in [0.5, 0.6) is 5.75 Å². The standard InChI is InChI=1S/C15H22N2O4S/c1-11-9-13(21-4)6-7-14(11)22(19,20)17(3)12-5-8-15(18)16(2)10-12/h6-7,9,12H,5,8,10H2,1-4H3. The molecule has 122 valence electrons. The number of rotatable bonds is 4. The molecule has 22 heavy (non-hydrogen) atoms. The number of methoxy groups -OCH3 is 1. The molecular weight excluding hydrogens is 304 g/mol. The van der Waals surface area contributed by atoms with Crippen molar-refractivity contribution in [3.63, 3.8) is 0 Å². The molecule has 1 aliphatic heterocycles. The maximum atomic E-state index is 12.8. The number of sulfonamides is 1. The van der Waals surface area contributed by atoms with Crippen LogP contribution in [0.15, 0.2) is 23.1 Å². The van der Waals surface area contributed by atoms with Crippen molar-refractivity contribution >= 4 is 15.9 Å². The Bertz CT molecular complexity index is 672. The highest BCUT2D eigenvalue weighted by atomic mass is 32.2. The lowest BCUT2D eigenvalue weighted by Gasteiger charge is -2.35. The molecular formula is C15H22N2O4S. The van der Waals surface area contributed by atoms with Crippen LogP contribution in [0.2, 0.25) is 0 Å². The molecule has 1 heterocycles. The van der Waals surface area contributed by atoms with Gasteiger partial charge in [0.05, 0.1) is 12.0 Å². The first-order valence-corrected chi connectivity index (χ1v) is 8.58. The van der Waals surface area contributed by atoms with E-state index >= 15 is 0 Å². The van der Waals surface area contributed by atoms with Gasteiger partial charge in [-0.2, -0.15) is 4.31 Å². The summed E-state index contributed by atoms with van der Waals surface area (Å²) in [5.74, 6) is 0.685. The summed E-state index contributed by atoms with van der Waals surface area (Å²) in [6, 6.07) is 4.72. The first-order chi connectivity index (χ1) is 10.3. The number of likely N-dealkylation sites (N-methyl/N-ethyl adjacent to an activating group) is 2. The van der Waals surface area contributed by atoms with Gasteiger partial charge in [0.25, 0.3) is 0 Å². The van der Waals surface area contributed by atoms with E-state index in [9.17, 15) is 13.2 Å². The third-order valence-corrected chi connectivity index (χ3v) is 6.23. The van der Waals surface area contributed by atoms with E-state index in [4.69, 9.17) is 4.74 Å². The average Bonchev–Trinajstić information content (AvgIpc) is 2.48. The molecule has 1 aromatic rings. The van der Waals surface area contributed by atoms with Crippen LogP contribution in [0.4, 0.5) is 0 Å². The lowest BCUT2D eigenvalue weighted by molar-refractivity contribution is -0.133. The number of aryl methyl sites for hydroxylation is 1. The van der Waals surface area contributed by atoms with Gasteiger partial charge in [-0.25, -0.2) is 8.42 Å². The number of carbonyl (C=O) groups excluding carboxylic acids is 1. The van der Waals surface area contributed by atoms with Crippen molar-refractivity contribution in [1.29, 1.82) is 0 Å². The number of hydrogen-bond acceptors (Lipinski definition) is 4. The van der Waals surface area contributed by atoms with Crippen molar-refractivity contribution in [2.75, 3.05) is 27.7 Å². The Hall–Kier alpha value is -1.60. The predicted molar refractivity (Wildman–Crippen MR) is 83.3 cm³/mol. The highest BCUT2D eigenvalue weighted by Gasteiger charge is 2.33. The fourth-order valence-corrected chi connectivity index (χ4v) is 4.26. The number of hydrogen-bond donors (Lipinski definition) is 0. The molecule has 1 fully saturated rings. The van der Waals surface area contributed by atoms with Crippen molar-refractivity contribution in [1.82, 2.24) is 9.21 Å². The molecule has 1 saturated heterocycles. The molecule has 0 saturated carbocycles. The first kappa shape index (κ1) is 16.8. The molecule has 1 aromatic carbocycles. The molecule has 1 amide bonds. The lowest BCUT2D eigenvalue weighted by atomic mass is 10.1. The van der Waals surface area contributed by atoms with E-state index < -0.39 is 10.0 Å². The minimum Gasteiger partial charge on any atom is -0.497 e. The molecule has 0 N–H and O–H groups in total. The van der Waals surface area contributed by atoms with E-state index in [0.29, 0.717) is 30.7 Å². The van der Waals surface area contributed by atoms with Gasteiger partial charge in [-0.3, -0.25) is 4.79 Å². The molecule has 2 rings (SSSR count). The zero-order valence-corrected chi connectivity index (χ0v) is 14.2. The highest BCUT2D eigenvalue weighted by Crippen LogP contribution is 2.26. The van der Waals surface area contributed by atoms with Gasteiger partial charge < -0.3 is 9.64 Å². The van der Waals surface area contributed by atoms with Gasteiger partial charge in [-0.15, -0.1) is 0 Å². The number of benzene rings is 1. The maximum absolute atomic E-state index is 12.8. The molecule has 0 radical (unpaired) electrons. The molecule has 1 unspecified atom stereocenters. The molecule has 7 heteroatoms. The largest absolute Gasteiger partial charge is 0.497 e. The number of piperidine rings is 1. The van der Waals surface area contributed by atoms with Gasteiger partial charge in [-0.05, 0) is 37.1 Å². The Labute approximate surface area is 131 Å². The van der Waals surface area contributed by atoms with Crippen molar-refractivity contribution in [2.45, 2.75) is 30.7 Å². The molecule has 0 aromatic heterocycles. The fourth-order valence-electron chi connectivity index (χ4n) is 2.68. The molecule has 1 aliphatic rings. The van der Waals surface area contributed by atoms with Crippen molar-refractivity contribution in [3.8, 4) is 5.75 Å². The minimum atomic E-state index is -3.60. The first-order valence-electron chi connectivity index (χ1n) is 7.14. The number of ether oxygens (including phenoxy) is 1. The van der Waals surface area contributed by atoms with Crippen LogP contribution in [0, 0.1) is 6.92 Å². The predicted octanol–water partition coefficient (Wildman–Crippen LogP) is 1.24. The number of amides is 1. The SMILES string of the molecule is COc1ccc(S(=O)(=O)N(C)C2CCC(=O)N(C)C2)c(C)c1. The van der Waals surface area contributed by atoms with Crippen LogP contribution in [-0.2, 0) is 14.8 Å². The third-order valence-electron chi connectivity index (χ3n) is 4.16. The fraction of sp³-hybridized carbons (Fsp3) is 0.533. The van der Waals surface area contributed by atoms with Gasteiger partial charge >= 0.3 is 0 Å². The third kappa shape index (κ3) is 3.10. The van der Waals surface area contributed by atoms with E-state index in [1.165, 1.54) is 4.31 Å². The normalized spacial score (nSPS) is 19.6. The summed E-state index contributed by atoms with van der Waals surface area (Å²) in [5.41, 5.74) is 0.645.